The van der Waals surface area contributed by atoms with Crippen molar-refractivity contribution in [1.82, 2.24) is 4.98 Å². The van der Waals surface area contributed by atoms with Crippen LogP contribution in [-0.4, -0.2) is 10.9 Å². The molecule has 1 amide bonds. The lowest BCUT2D eigenvalue weighted by molar-refractivity contribution is 0.103. The van der Waals surface area contributed by atoms with Gasteiger partial charge in [0.2, 0.25) is 0 Å². The van der Waals surface area contributed by atoms with Gasteiger partial charge in [0.25, 0.3) is 5.91 Å². The number of hydrogen-bond donors (Lipinski definition) is 1. The average molecular weight is 322 g/mol. The van der Waals surface area contributed by atoms with Crippen LogP contribution in [0, 0.1) is 0 Å². The number of rotatable bonds is 2. The van der Waals surface area contributed by atoms with Gasteiger partial charge in [-0.1, -0.05) is 12.1 Å². The molecular formula is C17H10N2O3S. The van der Waals surface area contributed by atoms with Gasteiger partial charge in [-0.25, -0.2) is 4.79 Å². The highest BCUT2D eigenvalue weighted by Gasteiger charge is 2.15. The van der Waals surface area contributed by atoms with Crippen molar-refractivity contribution < 1.29 is 9.21 Å². The van der Waals surface area contributed by atoms with Crippen molar-refractivity contribution in [3.63, 3.8) is 0 Å². The van der Waals surface area contributed by atoms with Crippen molar-refractivity contribution in [1.29, 1.82) is 0 Å². The molecule has 0 saturated heterocycles. The van der Waals surface area contributed by atoms with E-state index in [1.165, 1.54) is 11.3 Å². The first-order valence-electron chi connectivity index (χ1n) is 6.89. The summed E-state index contributed by atoms with van der Waals surface area (Å²) in [6.45, 7) is 0. The SMILES string of the molecule is O=C(Nc1cccnc1)c1cc2c(=O)oc3ccccc3c2s1. The van der Waals surface area contributed by atoms with Crippen LogP contribution in [0.4, 0.5) is 5.69 Å². The molecule has 0 radical (unpaired) electrons. The zero-order valence-corrected chi connectivity index (χ0v) is 12.6. The van der Waals surface area contributed by atoms with E-state index >= 15 is 0 Å². The highest BCUT2D eigenvalue weighted by Crippen LogP contribution is 2.30. The van der Waals surface area contributed by atoms with Gasteiger partial charge in [0.15, 0.2) is 0 Å². The molecule has 0 fully saturated rings. The Bertz CT molecular complexity index is 1080. The number of nitrogens with one attached hydrogen (secondary N) is 1. The first kappa shape index (κ1) is 13.7. The number of para-hydroxylation sites is 1. The van der Waals surface area contributed by atoms with Crippen molar-refractivity contribution in [2.45, 2.75) is 0 Å². The molecule has 1 aromatic carbocycles. The summed E-state index contributed by atoms with van der Waals surface area (Å²) in [5.41, 5.74) is 0.688. The second kappa shape index (κ2) is 5.33. The number of benzene rings is 1. The molecule has 0 unspecified atom stereocenters. The van der Waals surface area contributed by atoms with E-state index in [1.54, 1.807) is 42.7 Å². The summed E-state index contributed by atoms with van der Waals surface area (Å²) in [4.78, 5) is 28.9. The van der Waals surface area contributed by atoms with Crippen molar-refractivity contribution in [3.05, 3.63) is 70.2 Å². The molecular weight excluding hydrogens is 312 g/mol. The summed E-state index contributed by atoms with van der Waals surface area (Å²) in [5, 5.41) is 4.01. The second-order valence-corrected chi connectivity index (χ2v) is 5.99. The van der Waals surface area contributed by atoms with Crippen molar-refractivity contribution >= 4 is 44.0 Å². The van der Waals surface area contributed by atoms with Crippen LogP contribution in [0.5, 0.6) is 0 Å². The number of amides is 1. The average Bonchev–Trinajstić information content (AvgIpc) is 3.02. The van der Waals surface area contributed by atoms with Gasteiger partial charge < -0.3 is 9.73 Å². The standard InChI is InChI=1S/C17H10N2O3S/c20-16(19-10-4-3-7-18-9-10)14-8-12-15(23-14)11-5-1-2-6-13(11)22-17(12)21/h1-9H,(H,19,20). The van der Waals surface area contributed by atoms with E-state index < -0.39 is 5.63 Å². The Kier molecular flexibility index (Phi) is 3.17. The van der Waals surface area contributed by atoms with Crippen molar-refractivity contribution in [2.24, 2.45) is 0 Å². The number of carbonyl (C=O) groups is 1. The van der Waals surface area contributed by atoms with Gasteiger partial charge in [-0.2, -0.15) is 0 Å². The zero-order chi connectivity index (χ0) is 15.8. The number of fused-ring (bicyclic) bond motifs is 3. The predicted molar refractivity (Wildman–Crippen MR) is 90.1 cm³/mol. The smallest absolute Gasteiger partial charge is 0.345 e. The van der Waals surface area contributed by atoms with Gasteiger partial charge >= 0.3 is 5.63 Å². The molecule has 5 nitrogen and oxygen atoms in total. The summed E-state index contributed by atoms with van der Waals surface area (Å²) < 4.78 is 6.05. The minimum absolute atomic E-state index is 0.275. The van der Waals surface area contributed by atoms with E-state index in [1.807, 2.05) is 12.1 Å². The molecule has 23 heavy (non-hydrogen) atoms. The van der Waals surface area contributed by atoms with E-state index in [2.05, 4.69) is 10.3 Å². The highest BCUT2D eigenvalue weighted by atomic mass is 32.1. The third-order valence-corrected chi connectivity index (χ3v) is 4.60. The molecule has 3 aromatic heterocycles. The zero-order valence-electron chi connectivity index (χ0n) is 11.8. The minimum atomic E-state index is -0.435. The van der Waals surface area contributed by atoms with Crippen LogP contribution in [0.2, 0.25) is 0 Å². The first-order chi connectivity index (χ1) is 11.2. The third-order valence-electron chi connectivity index (χ3n) is 3.43. The Hall–Kier alpha value is -2.99. The van der Waals surface area contributed by atoms with Gasteiger partial charge in [0.05, 0.1) is 26.8 Å². The Balaban J connectivity index is 1.83. The van der Waals surface area contributed by atoms with Crippen LogP contribution in [0.25, 0.3) is 21.1 Å². The summed E-state index contributed by atoms with van der Waals surface area (Å²) in [5.74, 6) is -0.275. The van der Waals surface area contributed by atoms with E-state index in [0.29, 0.717) is 21.5 Å². The number of thiophene rings is 1. The molecule has 4 aromatic rings. The number of hydrogen-bond acceptors (Lipinski definition) is 5. The largest absolute Gasteiger partial charge is 0.422 e. The molecule has 0 aliphatic rings. The van der Waals surface area contributed by atoms with Gasteiger partial charge in [0.1, 0.15) is 5.58 Å². The fourth-order valence-electron chi connectivity index (χ4n) is 2.38. The van der Waals surface area contributed by atoms with Crippen LogP contribution in [-0.2, 0) is 0 Å². The van der Waals surface area contributed by atoms with Crippen LogP contribution >= 0.6 is 11.3 Å². The molecule has 0 bridgehead atoms. The lowest BCUT2D eigenvalue weighted by Crippen LogP contribution is -2.10. The fraction of sp³-hybridized carbons (Fsp3) is 0. The lowest BCUT2D eigenvalue weighted by atomic mass is 10.2. The lowest BCUT2D eigenvalue weighted by Gasteiger charge is -2.01. The normalized spacial score (nSPS) is 11.0. The number of carbonyl (C=O) groups excluding carboxylic acids is 1. The number of nitrogens with zero attached hydrogens (tertiary/aromatic N) is 1. The number of aromatic nitrogens is 1. The Morgan fingerprint density at radius 1 is 1.13 bits per heavy atom. The molecule has 0 spiro atoms. The predicted octanol–water partition coefficient (Wildman–Crippen LogP) is 3.66. The molecule has 1 N–H and O–H groups in total. The topological polar surface area (TPSA) is 72.2 Å². The summed E-state index contributed by atoms with van der Waals surface area (Å²) >= 11 is 1.28. The van der Waals surface area contributed by atoms with Gasteiger partial charge in [-0.05, 0) is 30.3 Å². The summed E-state index contributed by atoms with van der Waals surface area (Å²) in [6.07, 6.45) is 3.20. The molecule has 0 atom stereocenters. The maximum atomic E-state index is 12.4. The molecule has 0 aliphatic carbocycles. The van der Waals surface area contributed by atoms with Crippen molar-refractivity contribution in [2.75, 3.05) is 5.32 Å². The molecule has 4 rings (SSSR count). The molecule has 6 heteroatoms. The van der Waals surface area contributed by atoms with E-state index in [9.17, 15) is 9.59 Å². The van der Waals surface area contributed by atoms with Gasteiger partial charge in [-0.3, -0.25) is 9.78 Å². The Labute approximate surface area is 134 Å². The number of pyridine rings is 1. The summed E-state index contributed by atoms with van der Waals surface area (Å²) in [6, 6.07) is 12.4. The maximum Gasteiger partial charge on any atom is 0.345 e. The van der Waals surface area contributed by atoms with Gasteiger partial charge in [-0.15, -0.1) is 11.3 Å². The fourth-order valence-corrected chi connectivity index (χ4v) is 3.45. The van der Waals surface area contributed by atoms with E-state index in [0.717, 1.165) is 10.1 Å². The van der Waals surface area contributed by atoms with Crippen LogP contribution in [0.3, 0.4) is 0 Å². The minimum Gasteiger partial charge on any atom is -0.422 e. The Morgan fingerprint density at radius 2 is 2.00 bits per heavy atom. The Morgan fingerprint density at radius 3 is 2.83 bits per heavy atom. The third kappa shape index (κ3) is 2.39. The van der Waals surface area contributed by atoms with E-state index in [-0.39, 0.29) is 5.91 Å². The first-order valence-corrected chi connectivity index (χ1v) is 7.71. The van der Waals surface area contributed by atoms with Gasteiger partial charge in [0, 0.05) is 11.6 Å². The molecule has 112 valence electrons. The highest BCUT2D eigenvalue weighted by molar-refractivity contribution is 7.21. The molecule has 3 heterocycles. The van der Waals surface area contributed by atoms with Crippen LogP contribution < -0.4 is 10.9 Å². The van der Waals surface area contributed by atoms with E-state index in [4.69, 9.17) is 4.42 Å². The quantitative estimate of drug-likeness (QED) is 0.572. The number of anilines is 1. The molecule has 0 aliphatic heterocycles. The summed E-state index contributed by atoms with van der Waals surface area (Å²) in [7, 11) is 0. The maximum absolute atomic E-state index is 12.4. The molecule has 0 saturated carbocycles. The monoisotopic (exact) mass is 322 g/mol. The van der Waals surface area contributed by atoms with Crippen LogP contribution in [0.1, 0.15) is 9.67 Å². The van der Waals surface area contributed by atoms with Crippen LogP contribution in [0.15, 0.2) is 64.1 Å². The van der Waals surface area contributed by atoms with Crippen molar-refractivity contribution in [3.8, 4) is 0 Å². The second-order valence-electron chi connectivity index (χ2n) is 4.93.